The Labute approximate surface area is 330 Å². The fraction of sp³-hybridized carbons (Fsp3) is 0.488. The molecular formula is C41H52O12S2. The van der Waals surface area contributed by atoms with Crippen molar-refractivity contribution in [3.8, 4) is 23.0 Å². The van der Waals surface area contributed by atoms with E-state index in [-0.39, 0.29) is 24.1 Å². The number of hydrogen-bond acceptors (Lipinski definition) is 14. The average molecular weight is 801 g/mol. The lowest BCUT2D eigenvalue weighted by Gasteiger charge is -2.26. The van der Waals surface area contributed by atoms with E-state index in [1.165, 1.54) is 51.1 Å². The molecule has 2 aromatic carbocycles. The van der Waals surface area contributed by atoms with Crippen molar-refractivity contribution in [2.75, 3.05) is 42.7 Å². The highest BCUT2D eigenvalue weighted by molar-refractivity contribution is 7.21. The highest BCUT2D eigenvalue weighted by atomic mass is 32.1. The van der Waals surface area contributed by atoms with E-state index < -0.39 is 35.2 Å². The highest BCUT2D eigenvalue weighted by Gasteiger charge is 2.43. The van der Waals surface area contributed by atoms with Gasteiger partial charge < -0.3 is 33.2 Å². The number of methoxy groups -OCH3 is 6. The zero-order valence-electron chi connectivity index (χ0n) is 33.4. The minimum atomic E-state index is -1.29. The molecular weight excluding hydrogens is 749 g/mol. The van der Waals surface area contributed by atoms with Gasteiger partial charge in [0.25, 0.3) is 0 Å². The second-order valence-electron chi connectivity index (χ2n) is 13.6. The number of ether oxygens (including phenoxy) is 7. The molecule has 0 amide bonds. The van der Waals surface area contributed by atoms with Crippen molar-refractivity contribution < 1.29 is 57.1 Å². The first kappa shape index (κ1) is 44.7. The SMILES string of the molecule is CCCC(C(=O)OC)C(C(=O)OC(C)(C)C)C(=O)c1cc2cc(OC)c(OC)cc2s1.CCCC(CC(=O)c1cc2cc(OC)c(OC)cc2s1)C(=O)OC. The Balaban J connectivity index is 0.000000305. The summed E-state index contributed by atoms with van der Waals surface area (Å²) in [5.41, 5.74) is -0.802. The normalized spacial score (nSPS) is 12.8. The second-order valence-corrected chi connectivity index (χ2v) is 15.8. The van der Waals surface area contributed by atoms with E-state index in [9.17, 15) is 24.0 Å². The van der Waals surface area contributed by atoms with Crippen molar-refractivity contribution in [2.45, 2.75) is 72.3 Å². The molecule has 0 bridgehead atoms. The van der Waals surface area contributed by atoms with Gasteiger partial charge in [0, 0.05) is 28.0 Å². The van der Waals surface area contributed by atoms with Crippen molar-refractivity contribution in [3.05, 3.63) is 46.2 Å². The van der Waals surface area contributed by atoms with Crippen LogP contribution in [0.5, 0.6) is 23.0 Å². The van der Waals surface area contributed by atoms with Crippen LogP contribution in [0.15, 0.2) is 36.4 Å². The van der Waals surface area contributed by atoms with Gasteiger partial charge in [0.1, 0.15) is 11.5 Å². The molecule has 55 heavy (non-hydrogen) atoms. The molecule has 300 valence electrons. The Morgan fingerprint density at radius 3 is 1.49 bits per heavy atom. The van der Waals surface area contributed by atoms with Crippen molar-refractivity contribution in [1.29, 1.82) is 0 Å². The minimum absolute atomic E-state index is 0.0435. The quantitative estimate of drug-likeness (QED) is 0.0435. The molecule has 0 saturated heterocycles. The molecule has 3 atom stereocenters. The number of carbonyl (C=O) groups is 5. The van der Waals surface area contributed by atoms with Crippen LogP contribution in [0.4, 0.5) is 0 Å². The molecule has 4 aromatic rings. The van der Waals surface area contributed by atoms with E-state index in [2.05, 4.69) is 0 Å². The van der Waals surface area contributed by atoms with Gasteiger partial charge in [0.05, 0.1) is 64.2 Å². The van der Waals surface area contributed by atoms with Gasteiger partial charge in [-0.1, -0.05) is 26.7 Å². The molecule has 4 rings (SSSR count). The van der Waals surface area contributed by atoms with Crippen molar-refractivity contribution >= 4 is 72.3 Å². The summed E-state index contributed by atoms with van der Waals surface area (Å²) in [5.74, 6) is -2.43. The molecule has 0 aliphatic rings. The Bertz CT molecular complexity index is 1890. The molecule has 3 unspecified atom stereocenters. The number of Topliss-reactive ketones (excluding diaryl/α,β-unsaturated/α-hetero) is 2. The summed E-state index contributed by atoms with van der Waals surface area (Å²) in [7, 11) is 8.83. The zero-order valence-corrected chi connectivity index (χ0v) is 35.1. The summed E-state index contributed by atoms with van der Waals surface area (Å²) in [4.78, 5) is 64.4. The third-order valence-electron chi connectivity index (χ3n) is 8.62. The van der Waals surface area contributed by atoms with Crippen LogP contribution in [0, 0.1) is 17.8 Å². The summed E-state index contributed by atoms with van der Waals surface area (Å²) < 4.78 is 38.2. The largest absolute Gasteiger partial charge is 0.493 e. The number of esters is 3. The number of hydrogen-bond donors (Lipinski definition) is 0. The standard InChI is InChI=1S/C23H30O7S.C18H22O5S/c1-8-9-14(21(25)29-7)19(22(26)30-23(2,3)4)20(24)18-11-13-10-15(27-5)16(28-6)12-17(13)31-18;1-5-6-11(18(20)23-4)7-13(19)17-9-12-8-14(21-2)15(22-3)10-16(12)24-17/h10-12,14,19H,8-9H2,1-7H3;8-11H,5-7H2,1-4H3. The number of carbonyl (C=O) groups excluding carboxylic acids is 5. The third-order valence-corrected chi connectivity index (χ3v) is 10.9. The summed E-state index contributed by atoms with van der Waals surface area (Å²) in [6, 6.07) is 10.8. The van der Waals surface area contributed by atoms with Gasteiger partial charge in [-0.2, -0.15) is 0 Å². The van der Waals surface area contributed by atoms with Crippen LogP contribution in [0.2, 0.25) is 0 Å². The Hall–Kier alpha value is -4.69. The Morgan fingerprint density at radius 2 is 1.05 bits per heavy atom. The van der Waals surface area contributed by atoms with E-state index in [1.807, 2.05) is 32.0 Å². The van der Waals surface area contributed by atoms with Gasteiger partial charge in [-0.05, 0) is 68.7 Å². The first-order chi connectivity index (χ1) is 26.1. The van der Waals surface area contributed by atoms with Crippen LogP contribution in [0.3, 0.4) is 0 Å². The van der Waals surface area contributed by atoms with Gasteiger partial charge >= 0.3 is 17.9 Å². The Kier molecular flexibility index (Phi) is 16.5. The van der Waals surface area contributed by atoms with Gasteiger partial charge in [-0.15, -0.1) is 22.7 Å². The first-order valence-corrected chi connectivity index (χ1v) is 19.5. The molecule has 0 spiro atoms. The maximum Gasteiger partial charge on any atom is 0.318 e. The zero-order chi connectivity index (χ0) is 41.0. The van der Waals surface area contributed by atoms with Crippen molar-refractivity contribution in [2.24, 2.45) is 17.8 Å². The second kappa shape index (κ2) is 20.3. The lowest BCUT2D eigenvalue weighted by atomic mass is 9.84. The molecule has 0 aliphatic heterocycles. The average Bonchev–Trinajstić information content (AvgIpc) is 3.78. The van der Waals surface area contributed by atoms with Gasteiger partial charge in [0.2, 0.25) is 0 Å². The maximum atomic E-state index is 13.5. The van der Waals surface area contributed by atoms with Crippen molar-refractivity contribution in [3.63, 3.8) is 0 Å². The van der Waals surface area contributed by atoms with Crippen LogP contribution in [-0.2, 0) is 28.6 Å². The van der Waals surface area contributed by atoms with E-state index >= 15 is 0 Å². The van der Waals surface area contributed by atoms with Crippen LogP contribution < -0.4 is 18.9 Å². The molecule has 0 aliphatic carbocycles. The number of benzene rings is 2. The molecule has 12 nitrogen and oxygen atoms in total. The summed E-state index contributed by atoms with van der Waals surface area (Å²) in [6.07, 6.45) is 2.57. The molecule has 0 N–H and O–H groups in total. The lowest BCUT2D eigenvalue weighted by Crippen LogP contribution is -2.40. The van der Waals surface area contributed by atoms with Crippen LogP contribution in [0.25, 0.3) is 20.2 Å². The first-order valence-electron chi connectivity index (χ1n) is 17.9. The van der Waals surface area contributed by atoms with Crippen LogP contribution in [-0.4, -0.2) is 77.7 Å². The highest BCUT2D eigenvalue weighted by Crippen LogP contribution is 2.39. The van der Waals surface area contributed by atoms with E-state index in [0.717, 1.165) is 26.6 Å². The van der Waals surface area contributed by atoms with Gasteiger partial charge in [-0.25, -0.2) is 0 Å². The maximum absolute atomic E-state index is 13.5. The van der Waals surface area contributed by atoms with E-state index in [0.29, 0.717) is 52.0 Å². The smallest absolute Gasteiger partial charge is 0.318 e. The number of ketones is 2. The van der Waals surface area contributed by atoms with Crippen LogP contribution in [0.1, 0.15) is 86.1 Å². The summed E-state index contributed by atoms with van der Waals surface area (Å²) in [6.45, 7) is 9.02. The fourth-order valence-corrected chi connectivity index (χ4v) is 8.06. The summed E-state index contributed by atoms with van der Waals surface area (Å²) in [5, 5.41) is 1.70. The van der Waals surface area contributed by atoms with Crippen molar-refractivity contribution in [1.82, 2.24) is 0 Å². The molecule has 14 heteroatoms. The van der Waals surface area contributed by atoms with E-state index in [1.54, 1.807) is 53.2 Å². The Morgan fingerprint density at radius 1 is 0.600 bits per heavy atom. The molecule has 2 aromatic heterocycles. The third kappa shape index (κ3) is 11.4. The summed E-state index contributed by atoms with van der Waals surface area (Å²) >= 11 is 2.62. The predicted octanol–water partition coefficient (Wildman–Crippen LogP) is 8.73. The minimum Gasteiger partial charge on any atom is -0.493 e. The monoisotopic (exact) mass is 800 g/mol. The fourth-order valence-electron chi connectivity index (χ4n) is 5.99. The number of thiophene rings is 2. The molecule has 0 saturated carbocycles. The predicted molar refractivity (Wildman–Crippen MR) is 213 cm³/mol. The number of rotatable bonds is 17. The topological polar surface area (TPSA) is 150 Å². The molecule has 0 fully saturated rings. The van der Waals surface area contributed by atoms with Gasteiger partial charge in [-0.3, -0.25) is 24.0 Å². The number of fused-ring (bicyclic) bond motifs is 2. The lowest BCUT2D eigenvalue weighted by molar-refractivity contribution is -0.165. The van der Waals surface area contributed by atoms with Gasteiger partial charge in [0.15, 0.2) is 34.6 Å². The van der Waals surface area contributed by atoms with Crippen LogP contribution >= 0.6 is 22.7 Å². The molecule has 0 radical (unpaired) electrons. The van der Waals surface area contributed by atoms with E-state index in [4.69, 9.17) is 33.2 Å². The molecule has 2 heterocycles.